The van der Waals surface area contributed by atoms with E-state index >= 15 is 0 Å². The van der Waals surface area contributed by atoms with E-state index in [1.165, 1.54) is 6.92 Å². The number of Topliss-reactive ketones (excluding diaryl/α,β-unsaturated/α-hetero) is 1. The Morgan fingerprint density at radius 3 is 1.79 bits per heavy atom. The average Bonchev–Trinajstić information content (AvgIpc) is 3.06. The van der Waals surface area contributed by atoms with Crippen molar-refractivity contribution in [3.8, 4) is 39.5 Å². The number of aryl methyl sites for hydroxylation is 1. The maximum absolute atomic E-state index is 13.8. The molecule has 10 heteroatoms. The van der Waals surface area contributed by atoms with Gasteiger partial charge in [0.15, 0.2) is 0 Å². The number of ketones is 1. The number of benzene rings is 5. The van der Waals surface area contributed by atoms with E-state index in [1.54, 1.807) is 42.5 Å². The van der Waals surface area contributed by atoms with Gasteiger partial charge >= 0.3 is 13.3 Å². The summed E-state index contributed by atoms with van der Waals surface area (Å²) in [5.74, 6) is -1.37. The number of aliphatic carboxylic acids is 1. The van der Waals surface area contributed by atoms with Crippen LogP contribution in [0.25, 0.3) is 22.3 Å². The Hall–Kier alpha value is -4.90. The number of hydrogen-bond acceptors (Lipinski definition) is 7. The number of phenolic OH excluding ortho intramolecular Hbond substituents is 1. The standard InChI is InChI=1S/C19H15O3P.C18H17O5P/c1-13-10-11-16(20)19(12-13)23(21)18-9-5-3-7-15(18)14-6-2-4-8-17(14)22-23;1-12(19)10-13(18(20)21)11-24(22)17-9-5-3-7-15(17)14-6-2-4-8-16(14)23-24/h2-12,20H,1H3;2-9,13H,10-11H2,1H3,(H,20,21). The van der Waals surface area contributed by atoms with Crippen molar-refractivity contribution < 1.29 is 38.0 Å². The van der Waals surface area contributed by atoms with Crippen LogP contribution in [0.15, 0.2) is 115 Å². The van der Waals surface area contributed by atoms with Gasteiger partial charge in [-0.15, -0.1) is 0 Å². The van der Waals surface area contributed by atoms with E-state index in [0.29, 0.717) is 27.4 Å². The fourth-order valence-electron chi connectivity index (χ4n) is 5.94. The molecule has 5 aromatic carbocycles. The topological polar surface area (TPSA) is 127 Å². The van der Waals surface area contributed by atoms with Gasteiger partial charge in [0.1, 0.15) is 23.0 Å². The Bertz CT molecular complexity index is 2120. The maximum Gasteiger partial charge on any atom is 0.311 e. The van der Waals surface area contributed by atoms with E-state index in [-0.39, 0.29) is 24.1 Å². The zero-order valence-corrected chi connectivity index (χ0v) is 27.5. The third-order valence-electron chi connectivity index (χ3n) is 8.11. The van der Waals surface area contributed by atoms with Crippen LogP contribution in [0, 0.1) is 12.8 Å². The third kappa shape index (κ3) is 6.15. The molecule has 0 saturated heterocycles. The molecule has 3 unspecified atom stereocenters. The lowest BCUT2D eigenvalue weighted by atomic mass is 10.0. The van der Waals surface area contributed by atoms with Crippen molar-refractivity contribution in [3.63, 3.8) is 0 Å². The lowest BCUT2D eigenvalue weighted by Crippen LogP contribution is -2.27. The fraction of sp³-hybridized carbons (Fsp3) is 0.135. The SMILES string of the molecule is CC(=O)CC(CP1(=O)Oc2ccccc2-c2ccccc21)C(=O)O.Cc1ccc(O)c(P2(=O)Oc3ccccc3-c3ccccc32)c1. The van der Waals surface area contributed by atoms with Gasteiger partial charge in [0.2, 0.25) is 0 Å². The number of aromatic hydroxyl groups is 1. The number of hydrogen-bond donors (Lipinski definition) is 2. The molecule has 8 nitrogen and oxygen atoms in total. The predicted octanol–water partition coefficient (Wildman–Crippen LogP) is 7.32. The molecule has 2 N–H and O–H groups in total. The number of carboxylic acids is 1. The summed E-state index contributed by atoms with van der Waals surface area (Å²) in [5.41, 5.74) is 4.35. The van der Waals surface area contributed by atoms with Gasteiger partial charge in [-0.1, -0.05) is 78.9 Å². The molecule has 238 valence electrons. The van der Waals surface area contributed by atoms with Crippen LogP contribution in [-0.4, -0.2) is 28.1 Å². The van der Waals surface area contributed by atoms with Crippen LogP contribution in [0.2, 0.25) is 0 Å². The molecule has 0 amide bonds. The molecule has 5 aromatic rings. The number of carbonyl (C=O) groups is 2. The van der Waals surface area contributed by atoms with Crippen LogP contribution >= 0.6 is 14.7 Å². The van der Waals surface area contributed by atoms with Gasteiger partial charge in [-0.25, -0.2) is 0 Å². The van der Waals surface area contributed by atoms with Gasteiger partial charge in [-0.3, -0.25) is 13.9 Å². The van der Waals surface area contributed by atoms with Crippen LogP contribution in [0.5, 0.6) is 17.2 Å². The minimum absolute atomic E-state index is 0.00637. The molecule has 2 heterocycles. The van der Waals surface area contributed by atoms with E-state index < -0.39 is 26.6 Å². The van der Waals surface area contributed by atoms with Crippen molar-refractivity contribution in [2.45, 2.75) is 20.3 Å². The van der Waals surface area contributed by atoms with Crippen LogP contribution in [0.1, 0.15) is 18.9 Å². The number of fused-ring (bicyclic) bond motifs is 6. The minimum Gasteiger partial charge on any atom is -0.507 e. The van der Waals surface area contributed by atoms with Crippen molar-refractivity contribution in [3.05, 3.63) is 121 Å². The van der Waals surface area contributed by atoms with E-state index in [1.807, 2.05) is 79.7 Å². The van der Waals surface area contributed by atoms with Crippen LogP contribution < -0.4 is 25.0 Å². The van der Waals surface area contributed by atoms with Crippen molar-refractivity contribution >= 4 is 42.4 Å². The highest BCUT2D eigenvalue weighted by atomic mass is 31.2. The first-order chi connectivity index (χ1) is 22.5. The Morgan fingerprint density at radius 2 is 1.19 bits per heavy atom. The van der Waals surface area contributed by atoms with Gasteiger partial charge in [-0.2, -0.15) is 0 Å². The first-order valence-electron chi connectivity index (χ1n) is 15.0. The number of phenols is 1. The van der Waals surface area contributed by atoms with E-state index in [0.717, 1.165) is 27.8 Å². The highest BCUT2D eigenvalue weighted by Gasteiger charge is 2.41. The predicted molar refractivity (Wildman–Crippen MR) is 183 cm³/mol. The van der Waals surface area contributed by atoms with Crippen molar-refractivity contribution in [2.75, 3.05) is 6.16 Å². The summed E-state index contributed by atoms with van der Waals surface area (Å²) in [7, 11) is -6.84. The largest absolute Gasteiger partial charge is 0.507 e. The second kappa shape index (κ2) is 12.7. The summed E-state index contributed by atoms with van der Waals surface area (Å²) in [6, 6.07) is 34.5. The second-order valence-electron chi connectivity index (χ2n) is 11.6. The second-order valence-corrected chi connectivity index (χ2v) is 16.2. The fourth-order valence-corrected chi connectivity index (χ4v) is 11.0. The lowest BCUT2D eigenvalue weighted by Gasteiger charge is -2.30. The Labute approximate surface area is 272 Å². The molecule has 7 rings (SSSR count). The highest BCUT2D eigenvalue weighted by molar-refractivity contribution is 7.75. The number of rotatable bonds is 6. The quantitative estimate of drug-likeness (QED) is 0.181. The zero-order valence-electron chi connectivity index (χ0n) is 25.7. The van der Waals surface area contributed by atoms with Gasteiger partial charge in [-0.05, 0) is 66.9 Å². The summed E-state index contributed by atoms with van der Waals surface area (Å²) < 4.78 is 39.1. The normalized spacial score (nSPS) is 19.1. The summed E-state index contributed by atoms with van der Waals surface area (Å²) in [4.78, 5) is 22.8. The van der Waals surface area contributed by atoms with E-state index in [9.17, 15) is 28.9 Å². The molecule has 0 radical (unpaired) electrons. The molecule has 47 heavy (non-hydrogen) atoms. The number of carbonyl (C=O) groups excluding carboxylic acids is 1. The molecular weight excluding hydrogens is 634 g/mol. The number of para-hydroxylation sites is 2. The zero-order chi connectivity index (χ0) is 33.3. The molecule has 3 atom stereocenters. The summed E-state index contributed by atoms with van der Waals surface area (Å²) in [5, 5.41) is 21.1. The first-order valence-corrected chi connectivity index (χ1v) is 18.4. The third-order valence-corrected chi connectivity index (χ3v) is 13.1. The Kier molecular flexibility index (Phi) is 8.67. The van der Waals surface area contributed by atoms with Gasteiger partial charge < -0.3 is 24.1 Å². The van der Waals surface area contributed by atoms with Gasteiger partial charge in [0, 0.05) is 17.5 Å². The highest BCUT2D eigenvalue weighted by Crippen LogP contribution is 2.56. The molecule has 0 saturated carbocycles. The Balaban J connectivity index is 0.000000164. The summed E-state index contributed by atoms with van der Waals surface area (Å²) in [6.45, 7) is 3.23. The minimum atomic E-state index is -3.44. The molecule has 0 aliphatic carbocycles. The Morgan fingerprint density at radius 1 is 0.681 bits per heavy atom. The molecule has 0 aromatic heterocycles. The van der Waals surface area contributed by atoms with Crippen molar-refractivity contribution in [1.29, 1.82) is 0 Å². The van der Waals surface area contributed by atoms with E-state index in [2.05, 4.69) is 0 Å². The summed E-state index contributed by atoms with van der Waals surface area (Å²) >= 11 is 0. The van der Waals surface area contributed by atoms with Crippen LogP contribution in [-0.2, 0) is 18.7 Å². The van der Waals surface area contributed by atoms with Crippen LogP contribution in [0.4, 0.5) is 0 Å². The smallest absolute Gasteiger partial charge is 0.311 e. The molecule has 2 aliphatic rings. The monoisotopic (exact) mass is 666 g/mol. The summed E-state index contributed by atoms with van der Waals surface area (Å²) in [6.07, 6.45) is -0.361. The molecule has 0 bridgehead atoms. The first kappa shape index (κ1) is 32.1. The van der Waals surface area contributed by atoms with E-state index in [4.69, 9.17) is 9.05 Å². The van der Waals surface area contributed by atoms with Crippen molar-refractivity contribution in [1.82, 2.24) is 0 Å². The lowest BCUT2D eigenvalue weighted by molar-refractivity contribution is -0.142. The molecule has 0 fully saturated rings. The molecule has 2 aliphatic heterocycles. The van der Waals surface area contributed by atoms with Gasteiger partial charge in [0.25, 0.3) is 7.37 Å². The van der Waals surface area contributed by atoms with Crippen molar-refractivity contribution in [2.24, 2.45) is 5.92 Å². The molecular formula is C37H32O8P2. The van der Waals surface area contributed by atoms with Gasteiger partial charge in [0.05, 0.1) is 28.0 Å². The van der Waals surface area contributed by atoms with Crippen LogP contribution in [0.3, 0.4) is 0 Å². The average molecular weight is 667 g/mol. The molecule has 0 spiro atoms. The maximum atomic E-state index is 13.8. The number of carboxylic acid groups (broad SMARTS) is 1.